The molecule has 2 fully saturated rings. The van der Waals surface area contributed by atoms with Gasteiger partial charge in [-0.05, 0) is 50.8 Å². The molecule has 1 saturated carbocycles. The fraction of sp³-hybridized carbons (Fsp3) is 0.600. The van der Waals surface area contributed by atoms with Crippen molar-refractivity contribution in [3.63, 3.8) is 0 Å². The zero-order valence-corrected chi connectivity index (χ0v) is 15.8. The van der Waals surface area contributed by atoms with E-state index in [1.807, 2.05) is 0 Å². The number of rotatable bonds is 5. The van der Waals surface area contributed by atoms with Crippen LogP contribution in [-0.4, -0.2) is 59.5 Å². The first-order valence-corrected chi connectivity index (χ1v) is 9.53. The number of carboxylic acids is 1. The smallest absolute Gasteiger partial charge is 0.416 e. The molecule has 2 aliphatic rings. The zero-order valence-electron chi connectivity index (χ0n) is 15.8. The van der Waals surface area contributed by atoms with Crippen molar-refractivity contribution in [1.29, 1.82) is 0 Å². The van der Waals surface area contributed by atoms with Gasteiger partial charge in [0.1, 0.15) is 0 Å². The first-order valence-electron chi connectivity index (χ1n) is 9.53. The van der Waals surface area contributed by atoms with E-state index in [0.717, 1.165) is 25.0 Å². The number of nitrogens with zero attached hydrogens (tertiary/aromatic N) is 2. The Morgan fingerprint density at radius 3 is 2.57 bits per heavy atom. The molecule has 154 valence electrons. The van der Waals surface area contributed by atoms with Crippen molar-refractivity contribution in [2.45, 2.75) is 49.7 Å². The summed E-state index contributed by atoms with van der Waals surface area (Å²) in [6.07, 6.45) is -1.10. The number of halogens is 3. The standard InChI is InChI=1S/C20H25F3N2O3/c1-24(13-17(26)27)16-6-3-10-25(11-7-16)18(28)19(8-9-19)14-4-2-5-15(12-14)20(21,22)23/h2,4-5,12,16H,3,6-11,13H2,1H3,(H,26,27). The lowest BCUT2D eigenvalue weighted by Crippen LogP contribution is -2.41. The summed E-state index contributed by atoms with van der Waals surface area (Å²) < 4.78 is 39.2. The topological polar surface area (TPSA) is 60.9 Å². The third kappa shape index (κ3) is 4.32. The summed E-state index contributed by atoms with van der Waals surface area (Å²) in [6, 6.07) is 5.19. The largest absolute Gasteiger partial charge is 0.480 e. The predicted molar refractivity (Wildman–Crippen MR) is 96.8 cm³/mol. The highest BCUT2D eigenvalue weighted by atomic mass is 19.4. The minimum absolute atomic E-state index is 0.0488. The van der Waals surface area contributed by atoms with Gasteiger partial charge in [0.05, 0.1) is 17.5 Å². The van der Waals surface area contributed by atoms with Gasteiger partial charge in [-0.1, -0.05) is 18.2 Å². The number of aliphatic carboxylic acids is 1. The average Bonchev–Trinajstić information content (AvgIpc) is 3.44. The van der Waals surface area contributed by atoms with Crippen molar-refractivity contribution in [3.8, 4) is 0 Å². The fourth-order valence-corrected chi connectivity index (χ4v) is 4.11. The van der Waals surface area contributed by atoms with E-state index in [4.69, 9.17) is 5.11 Å². The number of amides is 1. The van der Waals surface area contributed by atoms with Gasteiger partial charge in [0, 0.05) is 19.1 Å². The van der Waals surface area contributed by atoms with Crippen LogP contribution in [0.15, 0.2) is 24.3 Å². The summed E-state index contributed by atoms with van der Waals surface area (Å²) in [4.78, 5) is 27.6. The number of likely N-dealkylation sites (tertiary alicyclic amines) is 1. The molecule has 1 unspecified atom stereocenters. The Bertz CT molecular complexity index is 746. The monoisotopic (exact) mass is 398 g/mol. The predicted octanol–water partition coefficient (Wildman–Crippen LogP) is 3.13. The van der Waals surface area contributed by atoms with Crippen LogP contribution in [-0.2, 0) is 21.2 Å². The zero-order chi connectivity index (χ0) is 20.5. The van der Waals surface area contributed by atoms with Gasteiger partial charge in [0.2, 0.25) is 5.91 Å². The molecule has 3 rings (SSSR count). The molecule has 1 heterocycles. The van der Waals surface area contributed by atoms with Gasteiger partial charge in [0.25, 0.3) is 0 Å². The van der Waals surface area contributed by atoms with Crippen LogP contribution < -0.4 is 0 Å². The molecule has 0 spiro atoms. The van der Waals surface area contributed by atoms with Crippen LogP contribution in [0.4, 0.5) is 13.2 Å². The normalized spacial score (nSPS) is 22.0. The Labute approximate surface area is 162 Å². The summed E-state index contributed by atoms with van der Waals surface area (Å²) in [6.45, 7) is 0.998. The van der Waals surface area contributed by atoms with Crippen LogP contribution in [0.25, 0.3) is 0 Å². The third-order valence-corrected chi connectivity index (χ3v) is 5.89. The lowest BCUT2D eigenvalue weighted by Gasteiger charge is -2.28. The molecule has 1 aromatic carbocycles. The minimum Gasteiger partial charge on any atom is -0.480 e. The van der Waals surface area contributed by atoms with Crippen LogP contribution in [0.1, 0.15) is 43.2 Å². The summed E-state index contributed by atoms with van der Waals surface area (Å²) in [5, 5.41) is 8.96. The van der Waals surface area contributed by atoms with Crippen molar-refractivity contribution < 1.29 is 27.9 Å². The third-order valence-electron chi connectivity index (χ3n) is 5.89. The van der Waals surface area contributed by atoms with Gasteiger partial charge in [-0.2, -0.15) is 13.2 Å². The SMILES string of the molecule is CN(CC(=O)O)C1CCCN(C(=O)C2(c3cccc(C(F)(F)F)c3)CC2)CC1. The van der Waals surface area contributed by atoms with Crippen LogP contribution >= 0.6 is 0 Å². The summed E-state index contributed by atoms with van der Waals surface area (Å²) in [5.41, 5.74) is -1.12. The van der Waals surface area contributed by atoms with Crippen molar-refractivity contribution in [2.24, 2.45) is 0 Å². The Balaban J connectivity index is 1.71. The molecule has 8 heteroatoms. The Hall–Kier alpha value is -2.09. The number of carbonyl (C=O) groups excluding carboxylic acids is 1. The van der Waals surface area contributed by atoms with E-state index >= 15 is 0 Å². The Kier molecular flexibility index (Phi) is 5.70. The van der Waals surface area contributed by atoms with Crippen LogP contribution in [0.5, 0.6) is 0 Å². The minimum atomic E-state index is -4.43. The molecule has 1 amide bonds. The molecule has 5 nitrogen and oxygen atoms in total. The average molecular weight is 398 g/mol. The van der Waals surface area contributed by atoms with Gasteiger partial charge in [0.15, 0.2) is 0 Å². The van der Waals surface area contributed by atoms with E-state index in [1.54, 1.807) is 22.9 Å². The van der Waals surface area contributed by atoms with Crippen LogP contribution in [0.3, 0.4) is 0 Å². The van der Waals surface area contributed by atoms with Gasteiger partial charge in [-0.3, -0.25) is 14.5 Å². The molecule has 0 radical (unpaired) electrons. The maximum atomic E-state index is 13.2. The molecule has 0 aromatic heterocycles. The quantitative estimate of drug-likeness (QED) is 0.828. The van der Waals surface area contributed by atoms with E-state index in [0.29, 0.717) is 37.9 Å². The van der Waals surface area contributed by atoms with E-state index < -0.39 is 23.1 Å². The Morgan fingerprint density at radius 1 is 1.25 bits per heavy atom. The van der Waals surface area contributed by atoms with Gasteiger partial charge < -0.3 is 10.0 Å². The van der Waals surface area contributed by atoms with Crippen LogP contribution in [0.2, 0.25) is 0 Å². The molecular weight excluding hydrogens is 373 g/mol. The van der Waals surface area contributed by atoms with Crippen LogP contribution in [0, 0.1) is 0 Å². The maximum absolute atomic E-state index is 13.2. The number of hydrogen-bond acceptors (Lipinski definition) is 3. The molecule has 1 aliphatic heterocycles. The van der Waals surface area contributed by atoms with Gasteiger partial charge in [-0.15, -0.1) is 0 Å². The molecule has 1 saturated heterocycles. The van der Waals surface area contributed by atoms with Gasteiger partial charge in [-0.25, -0.2) is 0 Å². The highest BCUT2D eigenvalue weighted by Crippen LogP contribution is 2.50. The molecule has 28 heavy (non-hydrogen) atoms. The van der Waals surface area contributed by atoms with Crippen molar-refractivity contribution >= 4 is 11.9 Å². The van der Waals surface area contributed by atoms with E-state index in [2.05, 4.69) is 0 Å². The summed E-state index contributed by atoms with van der Waals surface area (Å²) in [5.74, 6) is -0.991. The molecule has 1 aliphatic carbocycles. The highest BCUT2D eigenvalue weighted by molar-refractivity contribution is 5.91. The lowest BCUT2D eigenvalue weighted by atomic mass is 9.92. The van der Waals surface area contributed by atoms with E-state index in [1.165, 1.54) is 6.07 Å². The summed E-state index contributed by atoms with van der Waals surface area (Å²) >= 11 is 0. The first-order chi connectivity index (χ1) is 13.1. The number of hydrogen-bond donors (Lipinski definition) is 1. The second-order valence-electron chi connectivity index (χ2n) is 7.85. The van der Waals surface area contributed by atoms with E-state index in [-0.39, 0.29) is 18.5 Å². The van der Waals surface area contributed by atoms with E-state index in [9.17, 15) is 22.8 Å². The Morgan fingerprint density at radius 2 is 1.96 bits per heavy atom. The maximum Gasteiger partial charge on any atom is 0.416 e. The van der Waals surface area contributed by atoms with Crippen molar-refractivity contribution in [3.05, 3.63) is 35.4 Å². The molecule has 1 aromatic rings. The van der Waals surface area contributed by atoms with Crippen molar-refractivity contribution in [2.75, 3.05) is 26.7 Å². The number of carboxylic acid groups (broad SMARTS) is 1. The molecule has 1 N–H and O–H groups in total. The molecule has 0 bridgehead atoms. The lowest BCUT2D eigenvalue weighted by molar-refractivity contribution is -0.139. The fourth-order valence-electron chi connectivity index (χ4n) is 4.11. The van der Waals surface area contributed by atoms with Crippen molar-refractivity contribution in [1.82, 2.24) is 9.80 Å². The number of benzene rings is 1. The number of likely N-dealkylation sites (N-methyl/N-ethyl adjacent to an activating group) is 1. The highest BCUT2D eigenvalue weighted by Gasteiger charge is 2.53. The second-order valence-corrected chi connectivity index (χ2v) is 7.85. The first kappa shape index (κ1) is 20.6. The second kappa shape index (κ2) is 7.73. The number of carbonyl (C=O) groups is 2. The molecule has 1 atom stereocenters. The van der Waals surface area contributed by atoms with Gasteiger partial charge >= 0.3 is 12.1 Å². The number of alkyl halides is 3. The summed E-state index contributed by atoms with van der Waals surface area (Å²) in [7, 11) is 1.77. The molecular formula is C20H25F3N2O3.